The van der Waals surface area contributed by atoms with Gasteiger partial charge in [0.15, 0.2) is 0 Å². The Bertz CT molecular complexity index is 312. The third-order valence-electron chi connectivity index (χ3n) is 1.97. The fourth-order valence-corrected chi connectivity index (χ4v) is 1.70. The van der Waals surface area contributed by atoms with Gasteiger partial charge in [-0.05, 0) is 40.5 Å². The Balaban J connectivity index is 2.96. The van der Waals surface area contributed by atoms with Crippen molar-refractivity contribution >= 4 is 15.9 Å². The zero-order valence-corrected chi connectivity index (χ0v) is 9.65. The third-order valence-corrected chi connectivity index (χ3v) is 2.59. The minimum Gasteiger partial charge on any atom is -0.496 e. The molecular formula is C10H13BrO3. The second kappa shape index (κ2) is 4.77. The molecule has 14 heavy (non-hydrogen) atoms. The molecule has 0 spiro atoms. The van der Waals surface area contributed by atoms with Crippen LogP contribution in [-0.4, -0.2) is 23.4 Å². The quantitative estimate of drug-likeness (QED) is 0.873. The highest BCUT2D eigenvalue weighted by Gasteiger charge is 2.14. The minimum atomic E-state index is -0.864. The van der Waals surface area contributed by atoms with Crippen molar-refractivity contribution < 1.29 is 14.9 Å². The van der Waals surface area contributed by atoms with Gasteiger partial charge in [0.05, 0.1) is 17.7 Å². The first-order valence-corrected chi connectivity index (χ1v) is 5.05. The van der Waals surface area contributed by atoms with Crippen LogP contribution in [0.4, 0.5) is 0 Å². The van der Waals surface area contributed by atoms with Gasteiger partial charge >= 0.3 is 0 Å². The molecule has 2 atom stereocenters. The normalized spacial score (nSPS) is 14.9. The fraction of sp³-hybridized carbons (Fsp3) is 0.400. The van der Waals surface area contributed by atoms with Gasteiger partial charge in [-0.1, -0.05) is 6.07 Å². The molecule has 1 aromatic carbocycles. The summed E-state index contributed by atoms with van der Waals surface area (Å²) in [7, 11) is 1.57. The Morgan fingerprint density at radius 2 is 2.00 bits per heavy atom. The van der Waals surface area contributed by atoms with Crippen molar-refractivity contribution in [3.8, 4) is 5.75 Å². The first kappa shape index (κ1) is 11.5. The Labute approximate surface area is 91.5 Å². The summed E-state index contributed by atoms with van der Waals surface area (Å²) in [6, 6.07) is 5.20. The van der Waals surface area contributed by atoms with Gasteiger partial charge in [0.2, 0.25) is 0 Å². The molecule has 2 N–H and O–H groups in total. The van der Waals surface area contributed by atoms with Gasteiger partial charge in [-0.2, -0.15) is 0 Å². The van der Waals surface area contributed by atoms with Crippen molar-refractivity contribution in [1.29, 1.82) is 0 Å². The Morgan fingerprint density at radius 3 is 2.43 bits per heavy atom. The van der Waals surface area contributed by atoms with Crippen LogP contribution < -0.4 is 4.74 Å². The maximum absolute atomic E-state index is 9.57. The highest BCUT2D eigenvalue weighted by Crippen LogP contribution is 2.28. The van der Waals surface area contributed by atoms with Crippen molar-refractivity contribution in [3.05, 3.63) is 28.2 Å². The summed E-state index contributed by atoms with van der Waals surface area (Å²) in [5.41, 5.74) is 0.660. The zero-order chi connectivity index (χ0) is 10.7. The van der Waals surface area contributed by atoms with Crippen LogP contribution in [0.25, 0.3) is 0 Å². The predicted molar refractivity (Wildman–Crippen MR) is 57.3 cm³/mol. The molecule has 0 saturated carbocycles. The minimum absolute atomic E-state index is 0.660. The van der Waals surface area contributed by atoms with Gasteiger partial charge in [-0.25, -0.2) is 0 Å². The average Bonchev–Trinajstić information content (AvgIpc) is 2.16. The number of hydrogen-bond acceptors (Lipinski definition) is 3. The van der Waals surface area contributed by atoms with Crippen LogP contribution in [0.2, 0.25) is 0 Å². The van der Waals surface area contributed by atoms with E-state index in [1.54, 1.807) is 32.2 Å². The van der Waals surface area contributed by atoms with E-state index in [1.165, 1.54) is 0 Å². The first-order valence-electron chi connectivity index (χ1n) is 4.26. The maximum Gasteiger partial charge on any atom is 0.133 e. The Kier molecular flexibility index (Phi) is 3.92. The second-order valence-electron chi connectivity index (χ2n) is 3.08. The van der Waals surface area contributed by atoms with Crippen LogP contribution in [0.1, 0.15) is 18.6 Å². The lowest BCUT2D eigenvalue weighted by Gasteiger charge is -2.14. The van der Waals surface area contributed by atoms with E-state index in [0.717, 1.165) is 4.47 Å². The maximum atomic E-state index is 9.57. The van der Waals surface area contributed by atoms with E-state index in [4.69, 9.17) is 4.74 Å². The summed E-state index contributed by atoms with van der Waals surface area (Å²) >= 11 is 3.31. The standard InChI is InChI=1S/C10H13BrO3/c1-6(12)10(13)7-3-4-9(14-2)8(11)5-7/h3-6,10,12-13H,1-2H3. The lowest BCUT2D eigenvalue weighted by atomic mass is 10.1. The molecule has 0 aliphatic carbocycles. The molecule has 0 aliphatic heterocycles. The van der Waals surface area contributed by atoms with Gasteiger partial charge in [0.1, 0.15) is 11.9 Å². The molecule has 78 valence electrons. The predicted octanol–water partition coefficient (Wildman–Crippen LogP) is 1.87. The highest BCUT2D eigenvalue weighted by atomic mass is 79.9. The van der Waals surface area contributed by atoms with E-state index in [0.29, 0.717) is 11.3 Å². The topological polar surface area (TPSA) is 49.7 Å². The molecule has 0 fully saturated rings. The average molecular weight is 261 g/mol. The molecule has 1 aromatic rings. The van der Waals surface area contributed by atoms with Crippen molar-refractivity contribution in [2.45, 2.75) is 19.1 Å². The first-order chi connectivity index (χ1) is 6.56. The highest BCUT2D eigenvalue weighted by molar-refractivity contribution is 9.10. The largest absolute Gasteiger partial charge is 0.496 e. The van der Waals surface area contributed by atoms with Crippen molar-refractivity contribution in [2.24, 2.45) is 0 Å². The van der Waals surface area contributed by atoms with Crippen LogP contribution in [0.3, 0.4) is 0 Å². The molecule has 4 heteroatoms. The van der Waals surface area contributed by atoms with Crippen LogP contribution in [0.5, 0.6) is 5.75 Å². The molecule has 2 unspecified atom stereocenters. The Morgan fingerprint density at radius 1 is 1.36 bits per heavy atom. The third kappa shape index (κ3) is 2.47. The van der Waals surface area contributed by atoms with Gasteiger partial charge in [0.25, 0.3) is 0 Å². The molecule has 0 aliphatic rings. The number of aliphatic hydroxyl groups excluding tert-OH is 2. The van der Waals surface area contributed by atoms with Crippen molar-refractivity contribution in [2.75, 3.05) is 7.11 Å². The molecule has 0 heterocycles. The molecule has 1 rings (SSSR count). The SMILES string of the molecule is COc1ccc(C(O)C(C)O)cc1Br. The van der Waals surface area contributed by atoms with E-state index in [2.05, 4.69) is 15.9 Å². The van der Waals surface area contributed by atoms with Gasteiger partial charge < -0.3 is 14.9 Å². The molecule has 0 bridgehead atoms. The van der Waals surface area contributed by atoms with Crippen LogP contribution >= 0.6 is 15.9 Å². The van der Waals surface area contributed by atoms with E-state index in [-0.39, 0.29) is 0 Å². The number of benzene rings is 1. The molecule has 3 nitrogen and oxygen atoms in total. The van der Waals surface area contributed by atoms with E-state index < -0.39 is 12.2 Å². The Hall–Kier alpha value is -0.580. The lowest BCUT2D eigenvalue weighted by molar-refractivity contribution is 0.0305. The molecule has 0 saturated heterocycles. The number of hydrogen-bond donors (Lipinski definition) is 2. The number of aliphatic hydroxyl groups is 2. The fourth-order valence-electron chi connectivity index (χ4n) is 1.15. The number of ether oxygens (including phenoxy) is 1. The number of rotatable bonds is 3. The molecule has 0 aromatic heterocycles. The summed E-state index contributed by atoms with van der Waals surface area (Å²) in [6.07, 6.45) is -1.65. The number of halogens is 1. The lowest BCUT2D eigenvalue weighted by Crippen LogP contribution is -2.13. The van der Waals surface area contributed by atoms with Crippen molar-refractivity contribution in [1.82, 2.24) is 0 Å². The van der Waals surface area contributed by atoms with Gasteiger partial charge in [0, 0.05) is 0 Å². The molecule has 0 amide bonds. The van der Waals surface area contributed by atoms with E-state index in [1.807, 2.05) is 0 Å². The molecular weight excluding hydrogens is 248 g/mol. The van der Waals surface area contributed by atoms with Gasteiger partial charge in [-0.15, -0.1) is 0 Å². The van der Waals surface area contributed by atoms with Gasteiger partial charge in [-0.3, -0.25) is 0 Å². The van der Waals surface area contributed by atoms with E-state index in [9.17, 15) is 10.2 Å². The monoisotopic (exact) mass is 260 g/mol. The van der Waals surface area contributed by atoms with E-state index >= 15 is 0 Å². The summed E-state index contributed by atoms with van der Waals surface area (Å²) in [6.45, 7) is 1.54. The summed E-state index contributed by atoms with van der Waals surface area (Å²) in [4.78, 5) is 0. The smallest absolute Gasteiger partial charge is 0.133 e. The zero-order valence-electron chi connectivity index (χ0n) is 8.07. The molecule has 0 radical (unpaired) electrons. The summed E-state index contributed by atoms with van der Waals surface area (Å²) < 4.78 is 5.81. The summed E-state index contributed by atoms with van der Waals surface area (Å²) in [5, 5.41) is 18.8. The summed E-state index contributed by atoms with van der Waals surface area (Å²) in [5.74, 6) is 0.701. The van der Waals surface area contributed by atoms with Crippen LogP contribution in [0.15, 0.2) is 22.7 Å². The second-order valence-corrected chi connectivity index (χ2v) is 3.93. The van der Waals surface area contributed by atoms with Crippen LogP contribution in [0, 0.1) is 0 Å². The van der Waals surface area contributed by atoms with Crippen LogP contribution in [-0.2, 0) is 0 Å². The van der Waals surface area contributed by atoms with Crippen molar-refractivity contribution in [3.63, 3.8) is 0 Å². The number of methoxy groups -OCH3 is 1.